The molecule has 0 spiro atoms. The third-order valence-corrected chi connectivity index (χ3v) is 1.74. The summed E-state index contributed by atoms with van der Waals surface area (Å²) in [5.74, 6) is 0. The van der Waals surface area contributed by atoms with Gasteiger partial charge in [0, 0.05) is 18.9 Å². The lowest BCUT2D eigenvalue weighted by molar-refractivity contribution is 0.834. The number of rotatable bonds is 1. The smallest absolute Gasteiger partial charge is 0.202 e. The van der Waals surface area contributed by atoms with Crippen molar-refractivity contribution in [2.45, 2.75) is 13.3 Å². The van der Waals surface area contributed by atoms with Gasteiger partial charge in [-0.2, -0.15) is 0 Å². The zero-order valence-electron chi connectivity index (χ0n) is 5.56. The summed E-state index contributed by atoms with van der Waals surface area (Å²) in [5.41, 5.74) is 1.17. The fraction of sp³-hybridized carbons (Fsp3) is 0.500. The van der Waals surface area contributed by atoms with Crippen LogP contribution in [0.25, 0.3) is 0 Å². The van der Waals surface area contributed by atoms with Crippen LogP contribution < -0.4 is 0 Å². The predicted octanol–water partition coefficient (Wildman–Crippen LogP) is 1.64. The first-order chi connectivity index (χ1) is 4.25. The van der Waals surface area contributed by atoms with Crippen LogP contribution in [0.4, 0.5) is 0 Å². The molecular formula is C6H9ClN2. The van der Waals surface area contributed by atoms with E-state index in [4.69, 9.17) is 11.6 Å². The Balaban J connectivity index is 3.04. The molecule has 0 aliphatic rings. The third kappa shape index (κ3) is 1.08. The molecule has 1 aromatic heterocycles. The minimum Gasteiger partial charge on any atom is -0.322 e. The predicted molar refractivity (Wildman–Crippen MR) is 37.6 cm³/mol. The number of nitrogens with zero attached hydrogens (tertiary/aromatic N) is 2. The average Bonchev–Trinajstić information content (AvgIpc) is 2.15. The summed E-state index contributed by atoms with van der Waals surface area (Å²) in [5, 5.41) is 0.562. The Bertz CT molecular complexity index is 205. The molecule has 0 unspecified atom stereocenters. The van der Waals surface area contributed by atoms with Gasteiger partial charge in [-0.15, -0.1) is 0 Å². The molecule has 0 aliphatic heterocycles. The molecular weight excluding hydrogens is 136 g/mol. The van der Waals surface area contributed by atoms with Crippen LogP contribution in [0.3, 0.4) is 0 Å². The van der Waals surface area contributed by atoms with Crippen LogP contribution in [0.15, 0.2) is 6.20 Å². The molecule has 0 bridgehead atoms. The minimum atomic E-state index is 0.562. The maximum Gasteiger partial charge on any atom is 0.202 e. The normalized spacial score (nSPS) is 10.1. The Morgan fingerprint density at radius 1 is 1.78 bits per heavy atom. The molecule has 2 nitrogen and oxygen atoms in total. The van der Waals surface area contributed by atoms with Gasteiger partial charge in [0.25, 0.3) is 0 Å². The third-order valence-electron chi connectivity index (χ3n) is 1.39. The lowest BCUT2D eigenvalue weighted by Crippen LogP contribution is -1.93. The van der Waals surface area contributed by atoms with Gasteiger partial charge in [0.15, 0.2) is 0 Å². The highest BCUT2D eigenvalue weighted by atomic mass is 35.5. The summed E-state index contributed by atoms with van der Waals surface area (Å²) in [4.78, 5) is 3.92. The zero-order chi connectivity index (χ0) is 6.85. The number of hydrogen-bond acceptors (Lipinski definition) is 1. The molecule has 50 valence electrons. The molecule has 0 fully saturated rings. The topological polar surface area (TPSA) is 17.8 Å². The van der Waals surface area contributed by atoms with E-state index in [2.05, 4.69) is 11.9 Å². The second-order valence-corrected chi connectivity index (χ2v) is 2.27. The van der Waals surface area contributed by atoms with Crippen molar-refractivity contribution >= 4 is 11.6 Å². The lowest BCUT2D eigenvalue weighted by atomic mass is 10.4. The van der Waals surface area contributed by atoms with Crippen LogP contribution >= 0.6 is 11.6 Å². The van der Waals surface area contributed by atoms with Gasteiger partial charge >= 0.3 is 0 Å². The van der Waals surface area contributed by atoms with Gasteiger partial charge in [-0.1, -0.05) is 6.92 Å². The molecule has 1 aromatic rings. The van der Waals surface area contributed by atoms with Crippen LogP contribution in [-0.2, 0) is 13.5 Å². The highest BCUT2D eigenvalue weighted by Crippen LogP contribution is 2.07. The number of aromatic nitrogens is 2. The van der Waals surface area contributed by atoms with Crippen molar-refractivity contribution in [3.05, 3.63) is 17.2 Å². The van der Waals surface area contributed by atoms with Gasteiger partial charge < -0.3 is 4.57 Å². The summed E-state index contributed by atoms with van der Waals surface area (Å²) in [6.07, 6.45) is 2.78. The fourth-order valence-corrected chi connectivity index (χ4v) is 0.905. The first-order valence-electron chi connectivity index (χ1n) is 2.91. The maximum absolute atomic E-state index is 5.66. The van der Waals surface area contributed by atoms with Crippen molar-refractivity contribution in [1.82, 2.24) is 9.55 Å². The van der Waals surface area contributed by atoms with E-state index in [1.165, 1.54) is 5.69 Å². The molecule has 0 aliphatic carbocycles. The van der Waals surface area contributed by atoms with Crippen molar-refractivity contribution in [2.75, 3.05) is 0 Å². The molecule has 0 saturated carbocycles. The quantitative estimate of drug-likeness (QED) is 0.586. The highest BCUT2D eigenvalue weighted by molar-refractivity contribution is 6.28. The molecule has 0 amide bonds. The Morgan fingerprint density at radius 2 is 2.44 bits per heavy atom. The van der Waals surface area contributed by atoms with Crippen LogP contribution in [0.2, 0.25) is 5.28 Å². The SMILES string of the molecule is CCc1cnc(Cl)n1C. The van der Waals surface area contributed by atoms with Gasteiger partial charge in [0.1, 0.15) is 0 Å². The van der Waals surface area contributed by atoms with Crippen molar-refractivity contribution in [1.29, 1.82) is 0 Å². The molecule has 0 atom stereocenters. The fourth-order valence-electron chi connectivity index (χ4n) is 0.748. The van der Waals surface area contributed by atoms with Gasteiger partial charge in [-0.05, 0) is 18.0 Å². The van der Waals surface area contributed by atoms with E-state index in [1.807, 2.05) is 11.6 Å². The molecule has 0 aromatic carbocycles. The van der Waals surface area contributed by atoms with E-state index in [0.29, 0.717) is 5.28 Å². The van der Waals surface area contributed by atoms with Crippen molar-refractivity contribution in [3.8, 4) is 0 Å². The first-order valence-corrected chi connectivity index (χ1v) is 3.29. The number of imidazole rings is 1. The Morgan fingerprint density at radius 3 is 2.67 bits per heavy atom. The van der Waals surface area contributed by atoms with Crippen molar-refractivity contribution in [2.24, 2.45) is 7.05 Å². The molecule has 3 heteroatoms. The summed E-state index contributed by atoms with van der Waals surface area (Å²) < 4.78 is 1.88. The summed E-state index contributed by atoms with van der Waals surface area (Å²) >= 11 is 5.66. The lowest BCUT2D eigenvalue weighted by Gasteiger charge is -1.95. The number of hydrogen-bond donors (Lipinski definition) is 0. The second kappa shape index (κ2) is 2.40. The minimum absolute atomic E-state index is 0.562. The van der Waals surface area contributed by atoms with Crippen molar-refractivity contribution in [3.63, 3.8) is 0 Å². The molecule has 0 radical (unpaired) electrons. The maximum atomic E-state index is 5.66. The molecule has 0 N–H and O–H groups in total. The highest BCUT2D eigenvalue weighted by Gasteiger charge is 1.98. The van der Waals surface area contributed by atoms with Gasteiger partial charge in [-0.3, -0.25) is 0 Å². The van der Waals surface area contributed by atoms with Crippen molar-refractivity contribution < 1.29 is 0 Å². The monoisotopic (exact) mass is 144 g/mol. The summed E-state index contributed by atoms with van der Waals surface area (Å²) in [7, 11) is 1.91. The van der Waals surface area contributed by atoms with E-state index in [0.717, 1.165) is 6.42 Å². The number of halogens is 1. The molecule has 1 heterocycles. The molecule has 9 heavy (non-hydrogen) atoms. The second-order valence-electron chi connectivity index (χ2n) is 1.93. The Kier molecular flexibility index (Phi) is 1.76. The average molecular weight is 145 g/mol. The van der Waals surface area contributed by atoms with E-state index < -0.39 is 0 Å². The summed E-state index contributed by atoms with van der Waals surface area (Å²) in [6.45, 7) is 2.08. The first kappa shape index (κ1) is 6.62. The number of aryl methyl sites for hydroxylation is 1. The van der Waals surface area contributed by atoms with Gasteiger partial charge in [0.2, 0.25) is 5.28 Å². The van der Waals surface area contributed by atoms with Crippen LogP contribution in [-0.4, -0.2) is 9.55 Å². The van der Waals surface area contributed by atoms with Crippen LogP contribution in [0.5, 0.6) is 0 Å². The molecule has 1 rings (SSSR count). The van der Waals surface area contributed by atoms with Crippen LogP contribution in [0, 0.1) is 0 Å². The van der Waals surface area contributed by atoms with E-state index in [-0.39, 0.29) is 0 Å². The Hall–Kier alpha value is -0.500. The van der Waals surface area contributed by atoms with Crippen LogP contribution in [0.1, 0.15) is 12.6 Å². The van der Waals surface area contributed by atoms with Gasteiger partial charge in [-0.25, -0.2) is 4.98 Å². The molecule has 0 saturated heterocycles. The largest absolute Gasteiger partial charge is 0.322 e. The van der Waals surface area contributed by atoms with E-state index >= 15 is 0 Å². The summed E-state index contributed by atoms with van der Waals surface area (Å²) in [6, 6.07) is 0. The van der Waals surface area contributed by atoms with Gasteiger partial charge in [0.05, 0.1) is 0 Å². The standard InChI is InChI=1S/C6H9ClN2/c1-3-5-4-8-6(7)9(5)2/h4H,3H2,1-2H3. The zero-order valence-corrected chi connectivity index (χ0v) is 6.31. The van der Waals surface area contributed by atoms with E-state index in [9.17, 15) is 0 Å². The van der Waals surface area contributed by atoms with E-state index in [1.54, 1.807) is 6.20 Å². The Labute approximate surface area is 59.5 Å².